The van der Waals surface area contributed by atoms with Crippen LogP contribution in [0.1, 0.15) is 12.8 Å². The maximum Gasteiger partial charge on any atom is 0.175 e. The Labute approximate surface area is 153 Å². The van der Waals surface area contributed by atoms with Crippen molar-refractivity contribution in [1.82, 2.24) is 19.5 Å². The summed E-state index contributed by atoms with van der Waals surface area (Å²) in [7, 11) is 0. The highest BCUT2D eigenvalue weighted by atomic mass is 35.5. The number of aryl methyl sites for hydroxylation is 1. The Morgan fingerprint density at radius 3 is 2.88 bits per heavy atom. The second-order valence-electron chi connectivity index (χ2n) is 4.96. The lowest BCUT2D eigenvalue weighted by atomic mass is 10.3. The second kappa shape index (κ2) is 7.31. The molecule has 3 aromatic rings. The number of halogens is 2. The molecule has 2 N–H and O–H groups in total. The van der Waals surface area contributed by atoms with E-state index in [2.05, 4.69) is 20.9 Å². The molecule has 5 nitrogen and oxygen atoms in total. The van der Waals surface area contributed by atoms with E-state index in [9.17, 15) is 0 Å². The van der Waals surface area contributed by atoms with Crippen LogP contribution in [0, 0.1) is 12.3 Å². The van der Waals surface area contributed by atoms with Gasteiger partial charge in [0.15, 0.2) is 22.1 Å². The summed E-state index contributed by atoms with van der Waals surface area (Å²) in [6, 6.07) is 5.34. The van der Waals surface area contributed by atoms with E-state index in [1.54, 1.807) is 12.1 Å². The van der Waals surface area contributed by atoms with Crippen LogP contribution >= 0.6 is 35.0 Å². The van der Waals surface area contributed by atoms with Gasteiger partial charge in [0.25, 0.3) is 0 Å². The molecule has 0 aliphatic rings. The number of nitrogens with zero attached hydrogens (tertiary/aromatic N) is 4. The summed E-state index contributed by atoms with van der Waals surface area (Å²) in [5.74, 6) is 2.99. The molecule has 0 atom stereocenters. The zero-order valence-corrected chi connectivity index (χ0v) is 14.9. The largest absolute Gasteiger partial charge is 0.382 e. The Kier molecular flexibility index (Phi) is 5.14. The number of terminal acetylenes is 1. The third-order valence-electron chi connectivity index (χ3n) is 3.32. The Bertz CT molecular complexity index is 932. The molecule has 0 unspecified atom stereocenters. The molecular formula is C16H13Cl2N5S. The van der Waals surface area contributed by atoms with Crippen molar-refractivity contribution in [2.45, 2.75) is 29.4 Å². The average molecular weight is 378 g/mol. The first-order valence-corrected chi connectivity index (χ1v) is 8.70. The van der Waals surface area contributed by atoms with Gasteiger partial charge >= 0.3 is 0 Å². The van der Waals surface area contributed by atoms with Crippen molar-refractivity contribution in [2.24, 2.45) is 0 Å². The molecule has 3 rings (SSSR count). The van der Waals surface area contributed by atoms with E-state index in [0.29, 0.717) is 40.0 Å². The fraction of sp³-hybridized carbons (Fsp3) is 0.188. The summed E-state index contributed by atoms with van der Waals surface area (Å²) in [5.41, 5.74) is 7.19. The number of rotatable bonds is 5. The summed E-state index contributed by atoms with van der Waals surface area (Å²) in [4.78, 5) is 13.7. The number of nitrogen functional groups attached to an aromatic ring is 1. The number of hydrogen-bond donors (Lipinski definition) is 1. The molecule has 2 aromatic heterocycles. The van der Waals surface area contributed by atoms with E-state index < -0.39 is 0 Å². The maximum absolute atomic E-state index is 6.27. The summed E-state index contributed by atoms with van der Waals surface area (Å²) in [5, 5.41) is 1.88. The van der Waals surface area contributed by atoms with Crippen LogP contribution in [-0.4, -0.2) is 19.5 Å². The van der Waals surface area contributed by atoms with Gasteiger partial charge in [0.1, 0.15) is 6.33 Å². The van der Waals surface area contributed by atoms with Crippen molar-refractivity contribution in [1.29, 1.82) is 0 Å². The summed E-state index contributed by atoms with van der Waals surface area (Å²) in [6.07, 6.45) is 8.26. The van der Waals surface area contributed by atoms with Crippen LogP contribution in [0.4, 0.5) is 5.82 Å². The maximum atomic E-state index is 6.27. The lowest BCUT2D eigenvalue weighted by Crippen LogP contribution is -2.01. The highest BCUT2D eigenvalue weighted by Gasteiger charge is 2.16. The molecule has 24 heavy (non-hydrogen) atoms. The monoisotopic (exact) mass is 377 g/mol. The third-order valence-corrected chi connectivity index (χ3v) is 5.05. The number of benzene rings is 1. The molecule has 8 heteroatoms. The van der Waals surface area contributed by atoms with E-state index in [0.717, 1.165) is 16.5 Å². The van der Waals surface area contributed by atoms with E-state index in [1.165, 1.54) is 18.1 Å². The Morgan fingerprint density at radius 2 is 2.12 bits per heavy atom. The van der Waals surface area contributed by atoms with Gasteiger partial charge in [0.2, 0.25) is 0 Å². The number of imidazole rings is 1. The lowest BCUT2D eigenvalue weighted by molar-refractivity contribution is 0.615. The molecule has 0 aliphatic carbocycles. The first kappa shape index (κ1) is 16.9. The van der Waals surface area contributed by atoms with Crippen molar-refractivity contribution in [3.63, 3.8) is 0 Å². The standard InChI is InChI=1S/C16H13Cl2N5S/c1-2-3-4-7-23-15-13(14(19)20-9-21-15)22-16(23)24-12-6-5-10(17)8-11(12)18/h1,5-6,8-9H,3-4,7H2,(H2,19,20,21). The number of aromatic nitrogens is 4. The van der Waals surface area contributed by atoms with Crippen LogP contribution in [0.15, 0.2) is 34.6 Å². The van der Waals surface area contributed by atoms with E-state index in [1.807, 2.05) is 10.6 Å². The quantitative estimate of drug-likeness (QED) is 0.530. The van der Waals surface area contributed by atoms with Crippen LogP contribution in [0.25, 0.3) is 11.2 Å². The van der Waals surface area contributed by atoms with Gasteiger partial charge in [-0.3, -0.25) is 0 Å². The molecule has 0 aliphatic heterocycles. The van der Waals surface area contributed by atoms with E-state index in [-0.39, 0.29) is 0 Å². The first-order valence-electron chi connectivity index (χ1n) is 7.13. The molecule has 2 heterocycles. The molecule has 0 radical (unpaired) electrons. The Balaban J connectivity index is 2.03. The minimum absolute atomic E-state index is 0.347. The number of fused-ring (bicyclic) bond motifs is 1. The van der Waals surface area contributed by atoms with Gasteiger partial charge in [-0.1, -0.05) is 35.0 Å². The predicted molar refractivity (Wildman–Crippen MR) is 98.4 cm³/mol. The number of nitrogens with two attached hydrogens (primary N) is 1. The van der Waals surface area contributed by atoms with Gasteiger partial charge < -0.3 is 10.3 Å². The molecule has 0 bridgehead atoms. The molecule has 0 fully saturated rings. The fourth-order valence-corrected chi connectivity index (χ4v) is 3.65. The zero-order valence-electron chi connectivity index (χ0n) is 12.5. The Hall–Kier alpha value is -1.94. The summed E-state index contributed by atoms with van der Waals surface area (Å²) < 4.78 is 1.99. The molecule has 1 aromatic carbocycles. The summed E-state index contributed by atoms with van der Waals surface area (Å²) in [6.45, 7) is 0.685. The summed E-state index contributed by atoms with van der Waals surface area (Å²) >= 11 is 13.6. The van der Waals surface area contributed by atoms with Gasteiger partial charge in [0, 0.05) is 22.9 Å². The highest BCUT2D eigenvalue weighted by molar-refractivity contribution is 7.99. The van der Waals surface area contributed by atoms with Crippen molar-refractivity contribution >= 4 is 51.9 Å². The Morgan fingerprint density at radius 1 is 1.29 bits per heavy atom. The predicted octanol–water partition coefficient (Wildman–Crippen LogP) is 4.28. The third kappa shape index (κ3) is 3.44. The van der Waals surface area contributed by atoms with Crippen molar-refractivity contribution in [2.75, 3.05) is 5.73 Å². The lowest BCUT2D eigenvalue weighted by Gasteiger charge is -2.08. The SMILES string of the molecule is C#CCCCn1c(Sc2ccc(Cl)cc2Cl)nc2c(N)ncnc21. The van der Waals surface area contributed by atoms with Crippen molar-refractivity contribution < 1.29 is 0 Å². The van der Waals surface area contributed by atoms with Gasteiger partial charge in [-0.05, 0) is 24.6 Å². The molecule has 0 saturated heterocycles. The minimum atomic E-state index is 0.347. The second-order valence-corrected chi connectivity index (χ2v) is 6.81. The van der Waals surface area contributed by atoms with E-state index in [4.69, 9.17) is 35.4 Å². The molecule has 0 saturated carbocycles. The van der Waals surface area contributed by atoms with Crippen LogP contribution in [0.2, 0.25) is 10.0 Å². The fourth-order valence-electron chi connectivity index (χ4n) is 2.21. The van der Waals surface area contributed by atoms with Crippen LogP contribution < -0.4 is 5.73 Å². The zero-order chi connectivity index (χ0) is 17.1. The van der Waals surface area contributed by atoms with Crippen molar-refractivity contribution in [3.05, 3.63) is 34.6 Å². The minimum Gasteiger partial charge on any atom is -0.382 e. The highest BCUT2D eigenvalue weighted by Crippen LogP contribution is 2.36. The van der Waals surface area contributed by atoms with Crippen LogP contribution in [-0.2, 0) is 6.54 Å². The topological polar surface area (TPSA) is 69.6 Å². The molecular weight excluding hydrogens is 365 g/mol. The number of anilines is 1. The van der Waals surface area contributed by atoms with Crippen molar-refractivity contribution in [3.8, 4) is 12.3 Å². The first-order chi connectivity index (χ1) is 11.6. The smallest absolute Gasteiger partial charge is 0.175 e. The molecule has 0 spiro atoms. The van der Waals surface area contributed by atoms with Gasteiger partial charge in [0.05, 0.1) is 5.02 Å². The van der Waals surface area contributed by atoms with Crippen LogP contribution in [0.3, 0.4) is 0 Å². The van der Waals surface area contributed by atoms with Gasteiger partial charge in [-0.2, -0.15) is 0 Å². The number of hydrogen-bond acceptors (Lipinski definition) is 5. The van der Waals surface area contributed by atoms with Crippen LogP contribution in [0.5, 0.6) is 0 Å². The molecule has 0 amide bonds. The number of unbranched alkanes of at least 4 members (excludes halogenated alkanes) is 1. The molecule has 122 valence electrons. The van der Waals surface area contributed by atoms with Gasteiger partial charge in [-0.25, -0.2) is 15.0 Å². The van der Waals surface area contributed by atoms with E-state index >= 15 is 0 Å². The van der Waals surface area contributed by atoms with Gasteiger partial charge in [-0.15, -0.1) is 12.3 Å². The normalized spacial score (nSPS) is 10.9. The average Bonchev–Trinajstić information content (AvgIpc) is 2.90.